The largest absolute Gasteiger partial charge is 0.472 e. The minimum Gasteiger partial charge on any atom is -0.462 e. The lowest BCUT2D eigenvalue weighted by Crippen LogP contribution is -2.30. The molecule has 19 heteroatoms. The van der Waals surface area contributed by atoms with E-state index >= 15 is 0 Å². The highest BCUT2D eigenvalue weighted by Gasteiger charge is 2.31. The van der Waals surface area contributed by atoms with E-state index in [0.717, 1.165) is 102 Å². The number of esters is 4. The smallest absolute Gasteiger partial charge is 0.462 e. The van der Waals surface area contributed by atoms with Gasteiger partial charge in [-0.2, -0.15) is 0 Å². The average Bonchev–Trinajstić information content (AvgIpc) is 0.855. The zero-order valence-electron chi connectivity index (χ0n) is 74.7. The Morgan fingerprint density at radius 2 is 0.407 bits per heavy atom. The van der Waals surface area contributed by atoms with Crippen molar-refractivity contribution in [3.63, 3.8) is 0 Å². The Hall–Kier alpha value is -1.94. The van der Waals surface area contributed by atoms with Crippen molar-refractivity contribution in [3.05, 3.63) is 0 Å². The summed E-state index contributed by atoms with van der Waals surface area (Å²) in [4.78, 5) is 73.5. The molecule has 0 aromatic carbocycles. The maximum Gasteiger partial charge on any atom is 0.472 e. The summed E-state index contributed by atoms with van der Waals surface area (Å²) in [6, 6.07) is 0. The Morgan fingerprint density at radius 3 is 0.602 bits per heavy atom. The molecule has 0 heterocycles. The Kier molecular flexibility index (Phi) is 83.6. The third-order valence-corrected chi connectivity index (χ3v) is 24.1. The molecule has 0 rings (SSSR count). The summed E-state index contributed by atoms with van der Waals surface area (Å²) in [6.45, 7) is 9.72. The summed E-state index contributed by atoms with van der Waals surface area (Å²) < 4.78 is 69.1. The molecule has 2 unspecified atom stereocenters. The van der Waals surface area contributed by atoms with E-state index in [9.17, 15) is 43.2 Å². The maximum absolute atomic E-state index is 13.2. The fourth-order valence-corrected chi connectivity index (χ4v) is 16.4. The van der Waals surface area contributed by atoms with Gasteiger partial charge >= 0.3 is 39.5 Å². The van der Waals surface area contributed by atoms with Gasteiger partial charge in [-0.05, 0) is 37.5 Å². The summed E-state index contributed by atoms with van der Waals surface area (Å²) in [5.74, 6) is -0.548. The van der Waals surface area contributed by atoms with Crippen molar-refractivity contribution in [3.8, 4) is 0 Å². The molecule has 17 nitrogen and oxygen atoms in total. The zero-order valence-corrected chi connectivity index (χ0v) is 76.5. The normalized spacial score (nSPS) is 13.7. The van der Waals surface area contributed by atoms with E-state index < -0.39 is 97.5 Å². The highest BCUT2D eigenvalue weighted by Crippen LogP contribution is 2.45. The highest BCUT2D eigenvalue weighted by atomic mass is 31.2. The molecule has 0 radical (unpaired) electrons. The van der Waals surface area contributed by atoms with Crippen molar-refractivity contribution in [2.45, 2.75) is 529 Å². The van der Waals surface area contributed by atoms with Crippen LogP contribution in [0.15, 0.2) is 0 Å². The van der Waals surface area contributed by atoms with Gasteiger partial charge in [-0.3, -0.25) is 37.3 Å². The molecule has 672 valence electrons. The van der Waals surface area contributed by atoms with Crippen LogP contribution < -0.4 is 0 Å². The fraction of sp³-hybridized carbons (Fsp3) is 0.957. The van der Waals surface area contributed by atoms with Gasteiger partial charge in [0.05, 0.1) is 26.4 Å². The van der Waals surface area contributed by atoms with Gasteiger partial charge in [-0.15, -0.1) is 0 Å². The van der Waals surface area contributed by atoms with Gasteiger partial charge in [-0.1, -0.05) is 459 Å². The first-order valence-corrected chi connectivity index (χ1v) is 51.5. The van der Waals surface area contributed by atoms with Crippen molar-refractivity contribution in [2.75, 3.05) is 39.6 Å². The first kappa shape index (κ1) is 111. The van der Waals surface area contributed by atoms with Crippen LogP contribution >= 0.6 is 15.6 Å². The van der Waals surface area contributed by atoms with E-state index in [1.54, 1.807) is 0 Å². The molecule has 0 aliphatic heterocycles. The van der Waals surface area contributed by atoms with Crippen LogP contribution in [0.4, 0.5) is 0 Å². The Morgan fingerprint density at radius 1 is 0.239 bits per heavy atom. The molecule has 0 aromatic heterocycles. The lowest BCUT2D eigenvalue weighted by atomic mass is 10.0. The van der Waals surface area contributed by atoms with Crippen molar-refractivity contribution in [2.24, 2.45) is 11.8 Å². The maximum atomic E-state index is 13.2. The lowest BCUT2D eigenvalue weighted by Gasteiger charge is -2.21. The minimum atomic E-state index is -4.97. The number of carbonyl (C=O) groups is 4. The Bertz CT molecular complexity index is 2150. The van der Waals surface area contributed by atoms with Crippen LogP contribution in [0.1, 0.15) is 510 Å². The quantitative estimate of drug-likeness (QED) is 0.0222. The Balaban J connectivity index is 5.22. The first-order valence-electron chi connectivity index (χ1n) is 48.5. The second kappa shape index (κ2) is 85.1. The number of hydrogen-bond donors (Lipinski definition) is 3. The number of aliphatic hydroxyl groups is 1. The molecule has 0 saturated heterocycles. The molecule has 0 fully saturated rings. The predicted molar refractivity (Wildman–Crippen MR) is 469 cm³/mol. The molecular formula is C94H184O17P2. The van der Waals surface area contributed by atoms with Gasteiger partial charge in [0.15, 0.2) is 12.2 Å². The van der Waals surface area contributed by atoms with Crippen molar-refractivity contribution in [1.82, 2.24) is 0 Å². The zero-order chi connectivity index (χ0) is 82.7. The molecule has 113 heavy (non-hydrogen) atoms. The van der Waals surface area contributed by atoms with Gasteiger partial charge in [0, 0.05) is 25.7 Å². The highest BCUT2D eigenvalue weighted by molar-refractivity contribution is 7.47. The van der Waals surface area contributed by atoms with Gasteiger partial charge in [-0.25, -0.2) is 9.13 Å². The Labute approximate surface area is 696 Å². The molecule has 0 bridgehead atoms. The van der Waals surface area contributed by atoms with Crippen molar-refractivity contribution >= 4 is 39.5 Å². The van der Waals surface area contributed by atoms with Crippen LogP contribution in [0, 0.1) is 11.8 Å². The van der Waals surface area contributed by atoms with Gasteiger partial charge in [0.1, 0.15) is 19.3 Å². The number of rotatable bonds is 93. The van der Waals surface area contributed by atoms with Gasteiger partial charge in [0.25, 0.3) is 0 Å². The number of phosphoric acid groups is 2. The van der Waals surface area contributed by atoms with E-state index in [-0.39, 0.29) is 25.7 Å². The SMILES string of the molecule is CCCCCCCCCCCCCCCCCCCCCCCC(=O)OC[C@H](COP(=O)(O)OC[C@@H](O)COP(=O)(O)OC[C@@H](COC(=O)CCCCCCCCCCC(C)C)OC(=O)CCCCCCCCCCCCCCCCCCCCCC)OC(=O)CCCCCCCCCCCCCCCCCCCCC(C)C. The van der Waals surface area contributed by atoms with Crippen LogP contribution in [0.5, 0.6) is 0 Å². The van der Waals surface area contributed by atoms with Crippen molar-refractivity contribution in [1.29, 1.82) is 0 Å². The second-order valence-corrected chi connectivity index (χ2v) is 37.6. The fourth-order valence-electron chi connectivity index (χ4n) is 14.8. The molecule has 0 saturated carbocycles. The van der Waals surface area contributed by atoms with E-state index in [4.69, 9.17) is 37.0 Å². The van der Waals surface area contributed by atoms with E-state index in [0.29, 0.717) is 25.7 Å². The van der Waals surface area contributed by atoms with Crippen LogP contribution in [0.3, 0.4) is 0 Å². The summed E-state index contributed by atoms with van der Waals surface area (Å²) in [5, 5.41) is 10.7. The monoisotopic (exact) mass is 1650 g/mol. The van der Waals surface area contributed by atoms with Crippen LogP contribution in [-0.4, -0.2) is 96.7 Å². The molecule has 3 N–H and O–H groups in total. The number of phosphoric ester groups is 2. The standard InChI is InChI=1S/C94H184O17P2/c1-7-9-11-13-15-17-19-21-23-25-27-29-31-35-39-43-47-51-58-64-70-76-91(96)104-82-89(110-93(98)78-72-67-61-53-49-45-41-37-33-32-34-38-42-46-50-56-62-68-74-86(3)4)84-108-112(100,101)106-80-88(95)81-107-113(102,103)109-85-90(83-105-92(97)77-71-65-59-55-54-57-63-69-75-87(5)6)111-94(99)79-73-66-60-52-48-44-40-36-30-28-26-24-22-20-18-16-14-12-10-8-2/h86-90,95H,7-85H2,1-6H3,(H,100,101)(H,102,103)/t88-,89-,90-/m1/s1. The molecular weight excluding hydrogens is 1460 g/mol. The average molecular weight is 1650 g/mol. The molecule has 0 spiro atoms. The van der Waals surface area contributed by atoms with Crippen LogP contribution in [0.2, 0.25) is 0 Å². The van der Waals surface area contributed by atoms with Gasteiger partial charge in [0.2, 0.25) is 0 Å². The van der Waals surface area contributed by atoms with Gasteiger partial charge < -0.3 is 33.8 Å². The van der Waals surface area contributed by atoms with E-state index in [2.05, 4.69) is 41.5 Å². The molecule has 0 aliphatic rings. The molecule has 0 amide bonds. The predicted octanol–water partition coefficient (Wildman–Crippen LogP) is 29.4. The van der Waals surface area contributed by atoms with E-state index in [1.165, 1.54) is 327 Å². The molecule has 0 aliphatic carbocycles. The van der Waals surface area contributed by atoms with Crippen LogP contribution in [-0.2, 0) is 65.4 Å². The number of ether oxygens (including phenoxy) is 4. The first-order chi connectivity index (χ1) is 54.9. The minimum absolute atomic E-state index is 0.109. The third kappa shape index (κ3) is 87.7. The lowest BCUT2D eigenvalue weighted by molar-refractivity contribution is -0.161. The molecule has 0 aromatic rings. The number of carbonyl (C=O) groups excluding carboxylic acids is 4. The number of aliphatic hydroxyl groups excluding tert-OH is 1. The summed E-state index contributed by atoms with van der Waals surface area (Å²) in [5.41, 5.74) is 0. The summed E-state index contributed by atoms with van der Waals surface area (Å²) in [6.07, 6.45) is 80.9. The topological polar surface area (TPSA) is 237 Å². The number of hydrogen-bond acceptors (Lipinski definition) is 15. The van der Waals surface area contributed by atoms with Crippen molar-refractivity contribution < 1.29 is 80.2 Å². The second-order valence-electron chi connectivity index (χ2n) is 34.7. The number of unbranched alkanes of at least 4 members (excludes halogenated alkanes) is 63. The van der Waals surface area contributed by atoms with E-state index in [1.807, 2.05) is 0 Å². The third-order valence-electron chi connectivity index (χ3n) is 22.2. The summed E-state index contributed by atoms with van der Waals surface area (Å²) in [7, 11) is -9.94. The summed E-state index contributed by atoms with van der Waals surface area (Å²) >= 11 is 0. The molecule has 5 atom stereocenters. The van der Waals surface area contributed by atoms with Crippen LogP contribution in [0.25, 0.3) is 0 Å².